The number of halogens is 3. The highest BCUT2D eigenvalue weighted by Crippen LogP contribution is 2.42. The number of benzene rings is 2. The van der Waals surface area contributed by atoms with Gasteiger partial charge in [-0.2, -0.15) is 18.3 Å². The number of rotatable bonds is 7. The van der Waals surface area contributed by atoms with Crippen molar-refractivity contribution in [2.75, 3.05) is 44.9 Å². The SMILES string of the molecule is CC(C)C1CN(Cc2cc3c(c(C(F)(F)F)c2)CN(c2cccc(C4(CC5NN=CN5C)COC4)c2)C3=O)CCO1. The van der Waals surface area contributed by atoms with Crippen LogP contribution in [0.3, 0.4) is 0 Å². The molecule has 2 unspecified atom stereocenters. The predicted octanol–water partition coefficient (Wildman–Crippen LogP) is 4.19. The number of carbonyl (C=O) groups excluding carboxylic acids is 1. The summed E-state index contributed by atoms with van der Waals surface area (Å²) in [5.41, 5.74) is 4.34. The van der Waals surface area contributed by atoms with Crippen molar-refractivity contribution in [1.82, 2.24) is 15.2 Å². The van der Waals surface area contributed by atoms with Crippen molar-refractivity contribution in [3.8, 4) is 0 Å². The number of morpholine rings is 1. The minimum absolute atomic E-state index is 0.00952. The molecule has 6 rings (SSSR count). The molecule has 4 heterocycles. The highest BCUT2D eigenvalue weighted by atomic mass is 19.4. The van der Waals surface area contributed by atoms with Crippen molar-refractivity contribution in [3.63, 3.8) is 0 Å². The Labute approximate surface area is 238 Å². The maximum absolute atomic E-state index is 14.3. The molecule has 8 nitrogen and oxygen atoms in total. The van der Waals surface area contributed by atoms with Crippen molar-refractivity contribution < 1.29 is 27.4 Å². The van der Waals surface area contributed by atoms with Crippen LogP contribution in [0.2, 0.25) is 0 Å². The van der Waals surface area contributed by atoms with Crippen molar-refractivity contribution in [1.29, 1.82) is 0 Å². The Bertz CT molecular complexity index is 1340. The second-order valence-corrected chi connectivity index (χ2v) is 12.0. The van der Waals surface area contributed by atoms with Gasteiger partial charge in [-0.05, 0) is 46.9 Å². The van der Waals surface area contributed by atoms with Crippen molar-refractivity contribution in [3.05, 3.63) is 64.2 Å². The van der Waals surface area contributed by atoms with Gasteiger partial charge in [0.1, 0.15) is 12.5 Å². The van der Waals surface area contributed by atoms with Gasteiger partial charge in [-0.25, -0.2) is 0 Å². The fraction of sp³-hybridized carbons (Fsp3) is 0.533. The van der Waals surface area contributed by atoms with Gasteiger partial charge in [-0.1, -0.05) is 26.0 Å². The van der Waals surface area contributed by atoms with E-state index in [0.29, 0.717) is 56.6 Å². The normalized spacial score (nSPS) is 24.1. The molecule has 0 bridgehead atoms. The first-order valence-corrected chi connectivity index (χ1v) is 14.1. The van der Waals surface area contributed by atoms with Crippen molar-refractivity contribution >= 4 is 17.9 Å². The quantitative estimate of drug-likeness (QED) is 0.538. The maximum atomic E-state index is 14.3. The first-order valence-electron chi connectivity index (χ1n) is 14.1. The van der Waals surface area contributed by atoms with E-state index < -0.39 is 17.6 Å². The largest absolute Gasteiger partial charge is 0.416 e. The molecule has 41 heavy (non-hydrogen) atoms. The molecule has 0 aliphatic carbocycles. The monoisotopic (exact) mass is 571 g/mol. The third-order valence-electron chi connectivity index (χ3n) is 8.80. The van der Waals surface area contributed by atoms with Crippen LogP contribution >= 0.6 is 0 Å². The minimum Gasteiger partial charge on any atom is -0.379 e. The van der Waals surface area contributed by atoms with Crippen LogP contribution in [-0.4, -0.2) is 74.3 Å². The first kappa shape index (κ1) is 28.0. The molecular weight excluding hydrogens is 535 g/mol. The van der Waals surface area contributed by atoms with Gasteiger partial charge >= 0.3 is 6.18 Å². The average Bonchev–Trinajstić information content (AvgIpc) is 3.47. The number of hydrazone groups is 1. The number of hydrogen-bond acceptors (Lipinski definition) is 7. The summed E-state index contributed by atoms with van der Waals surface area (Å²) in [5, 5.41) is 4.13. The lowest BCUT2D eigenvalue weighted by atomic mass is 9.74. The van der Waals surface area contributed by atoms with Crippen LogP contribution in [0.15, 0.2) is 41.5 Å². The third kappa shape index (κ3) is 5.30. The fourth-order valence-electron chi connectivity index (χ4n) is 6.25. The number of ether oxygens (including phenoxy) is 2. The molecule has 2 fully saturated rings. The Morgan fingerprint density at radius 3 is 2.66 bits per heavy atom. The van der Waals surface area contributed by atoms with Crippen LogP contribution in [-0.2, 0) is 34.2 Å². The van der Waals surface area contributed by atoms with Crippen LogP contribution < -0.4 is 10.3 Å². The molecule has 2 atom stereocenters. The summed E-state index contributed by atoms with van der Waals surface area (Å²) in [7, 11) is 1.95. The van der Waals surface area contributed by atoms with Crippen LogP contribution in [0, 0.1) is 5.92 Å². The highest BCUT2D eigenvalue weighted by molar-refractivity contribution is 6.10. The van der Waals surface area contributed by atoms with Gasteiger partial charge in [0, 0.05) is 49.8 Å². The first-order chi connectivity index (χ1) is 19.5. The molecular formula is C30H36F3N5O3. The molecule has 1 amide bonds. The number of carbonyl (C=O) groups is 1. The number of nitrogens with one attached hydrogen (secondary N) is 1. The van der Waals surface area contributed by atoms with Crippen LogP contribution in [0.25, 0.3) is 0 Å². The van der Waals surface area contributed by atoms with Gasteiger partial charge in [0.2, 0.25) is 0 Å². The molecule has 11 heteroatoms. The highest BCUT2D eigenvalue weighted by Gasteiger charge is 2.45. The van der Waals surface area contributed by atoms with E-state index in [4.69, 9.17) is 9.47 Å². The van der Waals surface area contributed by atoms with Gasteiger partial charge in [-0.3, -0.25) is 15.1 Å². The molecule has 0 aromatic heterocycles. The predicted molar refractivity (Wildman–Crippen MR) is 149 cm³/mol. The standard InChI is InChI=1S/C30H36F3N5O3/c1-19(2)26-15-37(7-8-41-26)13-20-9-23-24(25(10-20)30(31,32)33)14-38(28(23)39)22-6-4-5-21(11-22)29(16-40-17-29)12-27-35-34-18-36(27)3/h4-6,9-11,18-19,26-27,35H,7-8,12-17H2,1-3H3. The summed E-state index contributed by atoms with van der Waals surface area (Å²) >= 11 is 0. The van der Waals surface area contributed by atoms with Gasteiger partial charge in [0.15, 0.2) is 0 Å². The number of anilines is 1. The Morgan fingerprint density at radius 2 is 2.00 bits per heavy atom. The fourth-order valence-corrected chi connectivity index (χ4v) is 6.25. The molecule has 220 valence electrons. The van der Waals surface area contributed by atoms with E-state index in [-0.39, 0.29) is 35.4 Å². The molecule has 1 N–H and O–H groups in total. The van der Waals surface area contributed by atoms with E-state index in [9.17, 15) is 18.0 Å². The lowest BCUT2D eigenvalue weighted by molar-refractivity contribution is -0.138. The topological polar surface area (TPSA) is 69.6 Å². The summed E-state index contributed by atoms with van der Waals surface area (Å²) in [5.74, 6) is -0.0974. The van der Waals surface area contributed by atoms with E-state index in [1.165, 1.54) is 11.0 Å². The molecule has 0 spiro atoms. The second-order valence-electron chi connectivity index (χ2n) is 12.0. The minimum atomic E-state index is -4.57. The number of nitrogens with zero attached hydrogens (tertiary/aromatic N) is 4. The summed E-state index contributed by atoms with van der Waals surface area (Å²) in [6.45, 7) is 7.23. The Balaban J connectivity index is 1.27. The molecule has 2 aromatic rings. The van der Waals surface area contributed by atoms with Gasteiger partial charge in [-0.15, -0.1) is 0 Å². The molecule has 0 saturated carbocycles. The number of alkyl halides is 3. The molecule has 2 saturated heterocycles. The third-order valence-corrected chi connectivity index (χ3v) is 8.80. The number of fused-ring (bicyclic) bond motifs is 1. The maximum Gasteiger partial charge on any atom is 0.416 e. The Hall–Kier alpha value is -3.15. The average molecular weight is 572 g/mol. The zero-order valence-corrected chi connectivity index (χ0v) is 23.6. The molecule has 2 aromatic carbocycles. The number of amides is 1. The van der Waals surface area contributed by atoms with Crippen LogP contribution in [0.5, 0.6) is 0 Å². The summed E-state index contributed by atoms with van der Waals surface area (Å²) in [4.78, 5) is 19.3. The van der Waals surface area contributed by atoms with E-state index in [0.717, 1.165) is 12.0 Å². The summed E-state index contributed by atoms with van der Waals surface area (Å²) < 4.78 is 54.4. The molecule has 4 aliphatic rings. The van der Waals surface area contributed by atoms with Crippen molar-refractivity contribution in [2.45, 2.75) is 57.2 Å². The zero-order valence-electron chi connectivity index (χ0n) is 23.6. The van der Waals surface area contributed by atoms with E-state index >= 15 is 0 Å². The Kier molecular flexibility index (Phi) is 7.24. The van der Waals surface area contributed by atoms with Gasteiger partial charge in [0.25, 0.3) is 5.91 Å². The van der Waals surface area contributed by atoms with Crippen molar-refractivity contribution in [2.24, 2.45) is 11.0 Å². The van der Waals surface area contributed by atoms with Crippen LogP contribution in [0.1, 0.15) is 52.9 Å². The summed E-state index contributed by atoms with van der Waals surface area (Å²) in [6, 6.07) is 10.5. The van der Waals surface area contributed by atoms with Crippen LogP contribution in [0.4, 0.5) is 18.9 Å². The summed E-state index contributed by atoms with van der Waals surface area (Å²) in [6.07, 6.45) is -2.05. The molecule has 0 radical (unpaired) electrons. The van der Waals surface area contributed by atoms with E-state index in [1.54, 1.807) is 18.5 Å². The van der Waals surface area contributed by atoms with E-state index in [1.807, 2.05) is 30.1 Å². The second kappa shape index (κ2) is 10.6. The lowest BCUT2D eigenvalue weighted by Crippen LogP contribution is -2.52. The lowest BCUT2D eigenvalue weighted by Gasteiger charge is -2.44. The Morgan fingerprint density at radius 1 is 1.20 bits per heavy atom. The van der Waals surface area contributed by atoms with Gasteiger partial charge in [0.05, 0.1) is 38.0 Å². The number of hydrogen-bond donors (Lipinski definition) is 1. The van der Waals surface area contributed by atoms with Gasteiger partial charge < -0.3 is 19.3 Å². The molecule has 4 aliphatic heterocycles. The zero-order chi connectivity index (χ0) is 28.9. The van der Waals surface area contributed by atoms with E-state index in [2.05, 4.69) is 29.3 Å². The smallest absolute Gasteiger partial charge is 0.379 e.